The summed E-state index contributed by atoms with van der Waals surface area (Å²) in [5, 5.41) is 2.88. The molecule has 14 heavy (non-hydrogen) atoms. The Morgan fingerprint density at radius 1 is 1.50 bits per heavy atom. The Hall–Kier alpha value is -0.280. The van der Waals surface area contributed by atoms with Gasteiger partial charge in [0.1, 0.15) is 0 Å². The fourth-order valence-electron chi connectivity index (χ4n) is 1.50. The molecule has 0 aromatic carbocycles. The van der Waals surface area contributed by atoms with Crippen LogP contribution in [-0.4, -0.2) is 31.0 Å². The number of ether oxygens (including phenoxy) is 1. The average molecular weight is 220 g/mol. The molecule has 0 aliphatic carbocycles. The van der Waals surface area contributed by atoms with Crippen LogP contribution in [0.2, 0.25) is 0 Å². The molecule has 1 rings (SSSR count). The van der Waals surface area contributed by atoms with Crippen molar-refractivity contribution in [2.75, 3.05) is 19.0 Å². The Morgan fingerprint density at radius 3 is 3.00 bits per heavy atom. The number of amides is 1. The molecule has 0 spiro atoms. The smallest absolute Gasteiger partial charge is 0.220 e. The van der Waals surface area contributed by atoms with Crippen LogP contribution in [0.25, 0.3) is 0 Å². The molecule has 4 heteroatoms. The van der Waals surface area contributed by atoms with Crippen LogP contribution in [0.1, 0.15) is 32.1 Å². The summed E-state index contributed by atoms with van der Waals surface area (Å²) < 4.78 is 5.39. The predicted molar refractivity (Wildman–Crippen MR) is 56.6 cm³/mol. The van der Waals surface area contributed by atoms with Crippen molar-refractivity contribution in [3.63, 3.8) is 0 Å². The lowest BCUT2D eigenvalue weighted by molar-refractivity contribution is -0.121. The van der Waals surface area contributed by atoms with Gasteiger partial charge in [-0.2, -0.15) is 0 Å². The van der Waals surface area contributed by atoms with Gasteiger partial charge in [-0.25, -0.2) is 0 Å². The molecule has 0 radical (unpaired) electrons. The molecule has 82 valence electrons. The number of carbonyl (C=O) groups is 1. The lowest BCUT2D eigenvalue weighted by Crippen LogP contribution is -2.31. The number of nitrogens with one attached hydrogen (secondary N) is 1. The van der Waals surface area contributed by atoms with Gasteiger partial charge in [-0.3, -0.25) is 4.79 Å². The van der Waals surface area contributed by atoms with E-state index in [1.165, 1.54) is 0 Å². The van der Waals surface area contributed by atoms with Crippen molar-refractivity contribution >= 4 is 17.5 Å². The summed E-state index contributed by atoms with van der Waals surface area (Å²) in [6.45, 7) is 1.51. The summed E-state index contributed by atoms with van der Waals surface area (Å²) >= 11 is 5.51. The highest BCUT2D eigenvalue weighted by molar-refractivity contribution is 6.17. The van der Waals surface area contributed by atoms with E-state index in [1.807, 2.05) is 0 Å². The molecular formula is C10H18ClNO2. The maximum Gasteiger partial charge on any atom is 0.220 e. The van der Waals surface area contributed by atoms with Crippen molar-refractivity contribution in [3.05, 3.63) is 0 Å². The Morgan fingerprint density at radius 2 is 2.36 bits per heavy atom. The van der Waals surface area contributed by atoms with Crippen LogP contribution in [0.5, 0.6) is 0 Å². The van der Waals surface area contributed by atoms with Crippen molar-refractivity contribution in [1.29, 1.82) is 0 Å². The summed E-state index contributed by atoms with van der Waals surface area (Å²) in [6.07, 6.45) is 4.80. The lowest BCUT2D eigenvalue weighted by Gasteiger charge is -2.10. The van der Waals surface area contributed by atoms with E-state index in [0.717, 1.165) is 32.3 Å². The quantitative estimate of drug-likeness (QED) is 0.546. The van der Waals surface area contributed by atoms with Gasteiger partial charge < -0.3 is 10.1 Å². The third-order valence-electron chi connectivity index (χ3n) is 2.34. The zero-order chi connectivity index (χ0) is 10.2. The van der Waals surface area contributed by atoms with Crippen LogP contribution in [0.15, 0.2) is 0 Å². The Kier molecular flexibility index (Phi) is 5.96. The maximum atomic E-state index is 11.3. The van der Waals surface area contributed by atoms with Crippen molar-refractivity contribution in [1.82, 2.24) is 5.32 Å². The number of hydrogen-bond acceptors (Lipinski definition) is 2. The molecular weight excluding hydrogens is 202 g/mol. The van der Waals surface area contributed by atoms with Gasteiger partial charge in [0.15, 0.2) is 0 Å². The number of unbranched alkanes of at least 4 members (excludes halogenated alkanes) is 1. The topological polar surface area (TPSA) is 38.3 Å². The summed E-state index contributed by atoms with van der Waals surface area (Å²) in [5.41, 5.74) is 0. The first-order chi connectivity index (χ1) is 6.83. The number of alkyl halides is 1. The summed E-state index contributed by atoms with van der Waals surface area (Å²) in [6, 6.07) is 0. The van der Waals surface area contributed by atoms with Crippen molar-refractivity contribution in [3.8, 4) is 0 Å². The van der Waals surface area contributed by atoms with Crippen LogP contribution < -0.4 is 5.32 Å². The van der Waals surface area contributed by atoms with Crippen LogP contribution in [0.4, 0.5) is 0 Å². The third-order valence-corrected chi connectivity index (χ3v) is 2.61. The lowest BCUT2D eigenvalue weighted by atomic mass is 10.2. The van der Waals surface area contributed by atoms with Crippen LogP contribution in [0, 0.1) is 0 Å². The van der Waals surface area contributed by atoms with Crippen LogP contribution in [0.3, 0.4) is 0 Å². The summed E-state index contributed by atoms with van der Waals surface area (Å²) in [4.78, 5) is 11.3. The van der Waals surface area contributed by atoms with E-state index in [1.54, 1.807) is 0 Å². The minimum Gasteiger partial charge on any atom is -0.376 e. The molecule has 1 heterocycles. The average Bonchev–Trinajstić information content (AvgIpc) is 2.68. The normalized spacial score (nSPS) is 21.1. The number of hydrogen-bond donors (Lipinski definition) is 1. The highest BCUT2D eigenvalue weighted by Crippen LogP contribution is 2.10. The monoisotopic (exact) mass is 219 g/mol. The van der Waals surface area contributed by atoms with Gasteiger partial charge in [-0.1, -0.05) is 0 Å². The standard InChI is InChI=1S/C10H18ClNO2/c11-6-2-1-5-10(13)12-8-9-4-3-7-14-9/h9H,1-8H2,(H,12,13). The van der Waals surface area contributed by atoms with E-state index in [4.69, 9.17) is 16.3 Å². The molecule has 1 unspecified atom stereocenters. The van der Waals surface area contributed by atoms with E-state index in [-0.39, 0.29) is 12.0 Å². The van der Waals surface area contributed by atoms with E-state index < -0.39 is 0 Å². The van der Waals surface area contributed by atoms with Gasteiger partial charge in [0, 0.05) is 25.5 Å². The molecule has 0 saturated carbocycles. The van der Waals surface area contributed by atoms with Crippen molar-refractivity contribution in [2.24, 2.45) is 0 Å². The molecule has 0 bridgehead atoms. The molecule has 1 aliphatic heterocycles. The summed E-state index contributed by atoms with van der Waals surface area (Å²) in [7, 11) is 0. The molecule has 1 aliphatic rings. The highest BCUT2D eigenvalue weighted by Gasteiger charge is 2.15. The van der Waals surface area contributed by atoms with E-state index in [2.05, 4.69) is 5.32 Å². The number of halogens is 1. The zero-order valence-corrected chi connectivity index (χ0v) is 9.18. The first-order valence-electron chi connectivity index (χ1n) is 5.27. The number of carbonyl (C=O) groups excluding carboxylic acids is 1. The van der Waals surface area contributed by atoms with Gasteiger partial charge >= 0.3 is 0 Å². The van der Waals surface area contributed by atoms with E-state index in [0.29, 0.717) is 18.8 Å². The van der Waals surface area contributed by atoms with E-state index in [9.17, 15) is 4.79 Å². The van der Waals surface area contributed by atoms with Crippen molar-refractivity contribution < 1.29 is 9.53 Å². The highest BCUT2D eigenvalue weighted by atomic mass is 35.5. The molecule has 1 atom stereocenters. The van der Waals surface area contributed by atoms with Crippen molar-refractivity contribution in [2.45, 2.75) is 38.2 Å². The Balaban J connectivity index is 1.96. The SMILES string of the molecule is O=C(CCCCCl)NCC1CCCO1. The molecule has 1 saturated heterocycles. The minimum absolute atomic E-state index is 0.116. The molecule has 0 aromatic rings. The van der Waals surface area contributed by atoms with E-state index >= 15 is 0 Å². The Labute approximate surface area is 90.1 Å². The maximum absolute atomic E-state index is 11.3. The predicted octanol–water partition coefficient (Wildman–Crippen LogP) is 1.69. The molecule has 3 nitrogen and oxygen atoms in total. The second-order valence-corrected chi connectivity index (χ2v) is 3.96. The van der Waals surface area contributed by atoms with Gasteiger partial charge in [-0.05, 0) is 25.7 Å². The second kappa shape index (κ2) is 7.07. The molecule has 1 amide bonds. The molecule has 1 fully saturated rings. The minimum atomic E-state index is 0.116. The molecule has 0 aromatic heterocycles. The fraction of sp³-hybridized carbons (Fsp3) is 0.900. The second-order valence-electron chi connectivity index (χ2n) is 3.59. The molecule has 1 N–H and O–H groups in total. The van der Waals surface area contributed by atoms with Gasteiger partial charge in [-0.15, -0.1) is 11.6 Å². The van der Waals surface area contributed by atoms with Gasteiger partial charge in [0.05, 0.1) is 6.10 Å². The number of rotatable bonds is 6. The fourth-order valence-corrected chi connectivity index (χ4v) is 1.69. The first-order valence-corrected chi connectivity index (χ1v) is 5.80. The van der Waals surface area contributed by atoms with Gasteiger partial charge in [0.25, 0.3) is 0 Å². The third kappa shape index (κ3) is 4.82. The largest absolute Gasteiger partial charge is 0.376 e. The summed E-state index contributed by atoms with van der Waals surface area (Å²) in [5.74, 6) is 0.754. The van der Waals surface area contributed by atoms with Crippen LogP contribution >= 0.6 is 11.6 Å². The van der Waals surface area contributed by atoms with Gasteiger partial charge in [0.2, 0.25) is 5.91 Å². The Bertz CT molecular complexity index is 170. The first kappa shape index (κ1) is 11.8. The zero-order valence-electron chi connectivity index (χ0n) is 8.43. The van der Waals surface area contributed by atoms with Crippen LogP contribution in [-0.2, 0) is 9.53 Å².